The Morgan fingerprint density at radius 2 is 2.00 bits per heavy atom. The molecule has 1 aliphatic carbocycles. The summed E-state index contributed by atoms with van der Waals surface area (Å²) < 4.78 is 19.3. The lowest BCUT2D eigenvalue weighted by molar-refractivity contribution is -0.0192. The molecule has 2 rings (SSSR count). The molecule has 1 fully saturated rings. The van der Waals surface area contributed by atoms with Crippen molar-refractivity contribution in [2.75, 3.05) is 6.54 Å². The highest BCUT2D eigenvalue weighted by molar-refractivity contribution is 5.16. The van der Waals surface area contributed by atoms with Crippen LogP contribution in [-0.4, -0.2) is 12.6 Å². The number of rotatable bonds is 4. The molecular formula is C14H20FNO. The summed E-state index contributed by atoms with van der Waals surface area (Å²) in [6, 6.07) is 6.78. The summed E-state index contributed by atoms with van der Waals surface area (Å²) in [5.74, 6) is 0.253. The predicted octanol–water partition coefficient (Wildman–Crippen LogP) is 2.86. The van der Waals surface area contributed by atoms with Gasteiger partial charge in [-0.05, 0) is 31.4 Å². The Kier molecular flexibility index (Phi) is 4.51. The third-order valence-corrected chi connectivity index (χ3v) is 3.55. The van der Waals surface area contributed by atoms with Gasteiger partial charge >= 0.3 is 0 Å². The van der Waals surface area contributed by atoms with Crippen molar-refractivity contribution in [3.05, 3.63) is 35.6 Å². The van der Waals surface area contributed by atoms with Crippen molar-refractivity contribution in [2.24, 2.45) is 11.7 Å². The van der Waals surface area contributed by atoms with Crippen molar-refractivity contribution >= 4 is 0 Å². The van der Waals surface area contributed by atoms with Gasteiger partial charge in [0.15, 0.2) is 0 Å². The van der Waals surface area contributed by atoms with E-state index in [1.54, 1.807) is 12.1 Å². The number of ether oxygens (including phenoxy) is 1. The number of benzene rings is 1. The molecule has 94 valence electrons. The van der Waals surface area contributed by atoms with Crippen LogP contribution in [0.3, 0.4) is 0 Å². The SMILES string of the molecule is NCC1CCCCC1OCc1ccccc1F. The van der Waals surface area contributed by atoms with Gasteiger partial charge < -0.3 is 10.5 Å². The minimum absolute atomic E-state index is 0.187. The first-order valence-electron chi connectivity index (χ1n) is 6.36. The first kappa shape index (κ1) is 12.5. The first-order valence-corrected chi connectivity index (χ1v) is 6.36. The quantitative estimate of drug-likeness (QED) is 0.874. The van der Waals surface area contributed by atoms with Crippen LogP contribution in [0.1, 0.15) is 31.2 Å². The Morgan fingerprint density at radius 1 is 1.24 bits per heavy atom. The van der Waals surface area contributed by atoms with Gasteiger partial charge in [-0.25, -0.2) is 4.39 Å². The zero-order chi connectivity index (χ0) is 12.1. The van der Waals surface area contributed by atoms with Crippen LogP contribution < -0.4 is 5.73 Å². The molecule has 1 aliphatic rings. The molecule has 0 radical (unpaired) electrons. The van der Waals surface area contributed by atoms with Gasteiger partial charge in [0.25, 0.3) is 0 Å². The summed E-state index contributed by atoms with van der Waals surface area (Å²) in [4.78, 5) is 0. The zero-order valence-electron chi connectivity index (χ0n) is 10.1. The van der Waals surface area contributed by atoms with E-state index in [2.05, 4.69) is 0 Å². The van der Waals surface area contributed by atoms with E-state index in [1.807, 2.05) is 6.07 Å². The molecule has 1 aromatic rings. The summed E-state index contributed by atoms with van der Waals surface area (Å²) in [5, 5.41) is 0. The van der Waals surface area contributed by atoms with Crippen LogP contribution >= 0.6 is 0 Å². The van der Waals surface area contributed by atoms with E-state index in [9.17, 15) is 4.39 Å². The lowest BCUT2D eigenvalue weighted by Gasteiger charge is -2.30. The maximum absolute atomic E-state index is 13.4. The van der Waals surface area contributed by atoms with Crippen LogP contribution in [0.25, 0.3) is 0 Å². The summed E-state index contributed by atoms with van der Waals surface area (Å²) in [6.07, 6.45) is 4.82. The molecule has 0 aromatic heterocycles. The second-order valence-electron chi connectivity index (χ2n) is 4.72. The summed E-state index contributed by atoms with van der Waals surface area (Å²) >= 11 is 0. The zero-order valence-corrected chi connectivity index (χ0v) is 10.1. The molecule has 2 nitrogen and oxygen atoms in total. The third-order valence-electron chi connectivity index (χ3n) is 3.55. The van der Waals surface area contributed by atoms with Crippen molar-refractivity contribution in [1.29, 1.82) is 0 Å². The third kappa shape index (κ3) is 3.27. The Bertz CT molecular complexity index is 356. The Morgan fingerprint density at radius 3 is 2.76 bits per heavy atom. The maximum atomic E-state index is 13.4. The Balaban J connectivity index is 1.90. The van der Waals surface area contributed by atoms with Crippen LogP contribution in [0.5, 0.6) is 0 Å². The van der Waals surface area contributed by atoms with Crippen LogP contribution in [-0.2, 0) is 11.3 Å². The van der Waals surface area contributed by atoms with Gasteiger partial charge in [-0.2, -0.15) is 0 Å². The van der Waals surface area contributed by atoms with E-state index < -0.39 is 0 Å². The van der Waals surface area contributed by atoms with Crippen LogP contribution in [0, 0.1) is 11.7 Å². The summed E-state index contributed by atoms with van der Waals surface area (Å²) in [6.45, 7) is 1.02. The molecule has 1 saturated carbocycles. The lowest BCUT2D eigenvalue weighted by Crippen LogP contribution is -2.33. The Hall–Kier alpha value is -0.930. The molecule has 0 aliphatic heterocycles. The topological polar surface area (TPSA) is 35.2 Å². The first-order chi connectivity index (χ1) is 8.31. The van der Waals surface area contributed by atoms with E-state index in [-0.39, 0.29) is 11.9 Å². The van der Waals surface area contributed by atoms with Gasteiger partial charge in [-0.1, -0.05) is 31.0 Å². The van der Waals surface area contributed by atoms with Crippen molar-refractivity contribution in [3.63, 3.8) is 0 Å². The fourth-order valence-corrected chi connectivity index (χ4v) is 2.47. The fraction of sp³-hybridized carbons (Fsp3) is 0.571. The van der Waals surface area contributed by atoms with E-state index in [1.165, 1.54) is 18.9 Å². The van der Waals surface area contributed by atoms with Gasteiger partial charge in [0.1, 0.15) is 5.82 Å². The average molecular weight is 237 g/mol. The highest BCUT2D eigenvalue weighted by atomic mass is 19.1. The van der Waals surface area contributed by atoms with E-state index in [4.69, 9.17) is 10.5 Å². The Labute approximate surface area is 102 Å². The number of nitrogens with two attached hydrogens (primary N) is 1. The summed E-state index contributed by atoms with van der Waals surface area (Å²) in [7, 11) is 0. The second kappa shape index (κ2) is 6.12. The molecule has 17 heavy (non-hydrogen) atoms. The van der Waals surface area contributed by atoms with E-state index in [0.29, 0.717) is 24.6 Å². The number of hydrogen-bond acceptors (Lipinski definition) is 2. The highest BCUT2D eigenvalue weighted by Gasteiger charge is 2.24. The van der Waals surface area contributed by atoms with Gasteiger partial charge in [-0.15, -0.1) is 0 Å². The van der Waals surface area contributed by atoms with Crippen molar-refractivity contribution < 1.29 is 9.13 Å². The van der Waals surface area contributed by atoms with Crippen LogP contribution in [0.15, 0.2) is 24.3 Å². The highest BCUT2D eigenvalue weighted by Crippen LogP contribution is 2.27. The average Bonchev–Trinajstić information content (AvgIpc) is 2.38. The number of hydrogen-bond donors (Lipinski definition) is 1. The van der Waals surface area contributed by atoms with Crippen LogP contribution in [0.4, 0.5) is 4.39 Å². The normalized spacial score (nSPS) is 24.8. The predicted molar refractivity (Wildman–Crippen MR) is 66.0 cm³/mol. The molecule has 0 amide bonds. The second-order valence-corrected chi connectivity index (χ2v) is 4.72. The van der Waals surface area contributed by atoms with Crippen molar-refractivity contribution in [2.45, 2.75) is 38.4 Å². The lowest BCUT2D eigenvalue weighted by atomic mass is 9.86. The minimum atomic E-state index is -0.187. The monoisotopic (exact) mass is 237 g/mol. The molecule has 0 heterocycles. The smallest absolute Gasteiger partial charge is 0.128 e. The molecular weight excluding hydrogens is 217 g/mol. The molecule has 0 bridgehead atoms. The van der Waals surface area contributed by atoms with Gasteiger partial charge in [0.05, 0.1) is 12.7 Å². The number of halogens is 1. The summed E-state index contributed by atoms with van der Waals surface area (Å²) in [5.41, 5.74) is 6.37. The van der Waals surface area contributed by atoms with Gasteiger partial charge in [-0.3, -0.25) is 0 Å². The molecule has 2 unspecified atom stereocenters. The molecule has 0 spiro atoms. The maximum Gasteiger partial charge on any atom is 0.128 e. The van der Waals surface area contributed by atoms with Crippen LogP contribution in [0.2, 0.25) is 0 Å². The molecule has 2 N–H and O–H groups in total. The van der Waals surface area contributed by atoms with Gasteiger partial charge in [0.2, 0.25) is 0 Å². The van der Waals surface area contributed by atoms with E-state index in [0.717, 1.165) is 12.8 Å². The molecule has 2 atom stereocenters. The standard InChI is InChI=1S/C14H20FNO/c15-13-7-3-1-6-12(13)10-17-14-8-4-2-5-11(14)9-16/h1,3,6-7,11,14H,2,4-5,8-10,16H2. The largest absolute Gasteiger partial charge is 0.373 e. The molecule has 0 saturated heterocycles. The molecule has 3 heteroatoms. The van der Waals surface area contributed by atoms with Gasteiger partial charge in [0, 0.05) is 5.56 Å². The van der Waals surface area contributed by atoms with E-state index >= 15 is 0 Å². The van der Waals surface area contributed by atoms with Crippen molar-refractivity contribution in [3.8, 4) is 0 Å². The minimum Gasteiger partial charge on any atom is -0.373 e. The fourth-order valence-electron chi connectivity index (χ4n) is 2.47. The van der Waals surface area contributed by atoms with Crippen molar-refractivity contribution in [1.82, 2.24) is 0 Å². The molecule has 1 aromatic carbocycles.